The number of ether oxygens (including phenoxy) is 1. The first-order valence-corrected chi connectivity index (χ1v) is 9.69. The molecule has 5 nitrogen and oxygen atoms in total. The average molecular weight is 403 g/mol. The molecule has 0 aromatic heterocycles. The standard InChI is InChI=1S/C25H25NO4/c1-25(2,3)20-10-12-21(13-11-20)26-23(28)16-30-24(29)19-6-4-17(5-7-19)18-8-14-22(27)15-9-18/h4-15,27H,16H2,1-3H3,(H,26,28). The topological polar surface area (TPSA) is 75.6 Å². The van der Waals surface area contributed by atoms with Gasteiger partial charge in [-0.1, -0.05) is 57.2 Å². The van der Waals surface area contributed by atoms with Crippen LogP contribution in [0.15, 0.2) is 72.8 Å². The van der Waals surface area contributed by atoms with E-state index in [9.17, 15) is 14.7 Å². The minimum Gasteiger partial charge on any atom is -0.508 e. The van der Waals surface area contributed by atoms with E-state index in [0.717, 1.165) is 11.1 Å². The Morgan fingerprint density at radius 2 is 1.37 bits per heavy atom. The van der Waals surface area contributed by atoms with E-state index in [1.165, 1.54) is 5.56 Å². The van der Waals surface area contributed by atoms with E-state index in [1.54, 1.807) is 48.5 Å². The van der Waals surface area contributed by atoms with Crippen molar-refractivity contribution in [2.24, 2.45) is 0 Å². The van der Waals surface area contributed by atoms with E-state index >= 15 is 0 Å². The maximum absolute atomic E-state index is 12.2. The number of phenolic OH excluding ortho intramolecular Hbond substituents is 1. The summed E-state index contributed by atoms with van der Waals surface area (Å²) < 4.78 is 5.12. The molecule has 0 saturated carbocycles. The van der Waals surface area contributed by atoms with Gasteiger partial charge in [0.25, 0.3) is 5.91 Å². The summed E-state index contributed by atoms with van der Waals surface area (Å²) in [4.78, 5) is 24.3. The fourth-order valence-electron chi connectivity index (χ4n) is 2.92. The van der Waals surface area contributed by atoms with Crippen LogP contribution in [0, 0.1) is 0 Å². The molecular formula is C25H25NO4. The number of benzene rings is 3. The Hall–Kier alpha value is -3.60. The van der Waals surface area contributed by atoms with Gasteiger partial charge in [0.05, 0.1) is 5.56 Å². The Kier molecular flexibility index (Phi) is 6.21. The fraction of sp³-hybridized carbons (Fsp3) is 0.200. The van der Waals surface area contributed by atoms with E-state index in [4.69, 9.17) is 4.74 Å². The van der Waals surface area contributed by atoms with Gasteiger partial charge in [-0.25, -0.2) is 4.79 Å². The maximum atomic E-state index is 12.2. The molecule has 2 N–H and O–H groups in total. The Labute approximate surface area is 176 Å². The third kappa shape index (κ3) is 5.47. The van der Waals surface area contributed by atoms with Gasteiger partial charge in [-0.15, -0.1) is 0 Å². The summed E-state index contributed by atoms with van der Waals surface area (Å²) in [5.74, 6) is -0.763. The zero-order valence-electron chi connectivity index (χ0n) is 17.3. The van der Waals surface area contributed by atoms with Gasteiger partial charge in [0.2, 0.25) is 0 Å². The quantitative estimate of drug-likeness (QED) is 0.578. The Morgan fingerprint density at radius 3 is 1.90 bits per heavy atom. The molecule has 30 heavy (non-hydrogen) atoms. The lowest BCUT2D eigenvalue weighted by atomic mass is 9.87. The van der Waals surface area contributed by atoms with Crippen molar-refractivity contribution in [2.45, 2.75) is 26.2 Å². The smallest absolute Gasteiger partial charge is 0.338 e. The highest BCUT2D eigenvalue weighted by Gasteiger charge is 2.14. The molecule has 0 spiro atoms. The molecule has 0 atom stereocenters. The number of hydrogen-bond acceptors (Lipinski definition) is 4. The SMILES string of the molecule is CC(C)(C)c1ccc(NC(=O)COC(=O)c2ccc(-c3ccc(O)cc3)cc2)cc1. The number of nitrogens with one attached hydrogen (secondary N) is 1. The number of rotatable bonds is 5. The summed E-state index contributed by atoms with van der Waals surface area (Å²) in [5.41, 5.74) is 4.05. The molecule has 1 amide bonds. The summed E-state index contributed by atoms with van der Waals surface area (Å²) in [7, 11) is 0. The number of aromatic hydroxyl groups is 1. The fourth-order valence-corrected chi connectivity index (χ4v) is 2.92. The second kappa shape index (κ2) is 8.82. The van der Waals surface area contributed by atoms with Crippen LogP contribution in [0.5, 0.6) is 5.75 Å². The lowest BCUT2D eigenvalue weighted by Crippen LogP contribution is -2.21. The highest BCUT2D eigenvalue weighted by Crippen LogP contribution is 2.24. The number of carbonyl (C=O) groups excluding carboxylic acids is 2. The highest BCUT2D eigenvalue weighted by atomic mass is 16.5. The molecular weight excluding hydrogens is 378 g/mol. The van der Waals surface area contributed by atoms with Gasteiger partial charge in [0, 0.05) is 5.69 Å². The molecule has 3 aromatic rings. The molecule has 154 valence electrons. The number of phenols is 1. The molecule has 3 rings (SSSR count). The number of anilines is 1. The van der Waals surface area contributed by atoms with Crippen LogP contribution in [0.4, 0.5) is 5.69 Å². The van der Waals surface area contributed by atoms with E-state index < -0.39 is 11.9 Å². The van der Waals surface area contributed by atoms with Crippen LogP contribution < -0.4 is 5.32 Å². The monoisotopic (exact) mass is 403 g/mol. The van der Waals surface area contributed by atoms with Gasteiger partial charge in [0.1, 0.15) is 5.75 Å². The van der Waals surface area contributed by atoms with Crippen molar-refractivity contribution in [3.8, 4) is 16.9 Å². The largest absolute Gasteiger partial charge is 0.508 e. The van der Waals surface area contributed by atoms with E-state index in [0.29, 0.717) is 11.3 Å². The zero-order chi connectivity index (χ0) is 21.7. The molecule has 5 heteroatoms. The highest BCUT2D eigenvalue weighted by molar-refractivity contribution is 5.95. The number of amides is 1. The normalized spacial score (nSPS) is 11.0. The van der Waals surface area contributed by atoms with Gasteiger partial charge in [-0.3, -0.25) is 4.79 Å². The van der Waals surface area contributed by atoms with Crippen molar-refractivity contribution in [1.82, 2.24) is 0 Å². The minimum absolute atomic E-state index is 0.0376. The first-order chi connectivity index (χ1) is 14.2. The van der Waals surface area contributed by atoms with Gasteiger partial charge in [-0.05, 0) is 58.5 Å². The summed E-state index contributed by atoms with van der Waals surface area (Å²) in [6.45, 7) is 6.01. The molecule has 0 aliphatic carbocycles. The molecule has 0 saturated heterocycles. The summed E-state index contributed by atoms with van der Waals surface area (Å²) in [6.07, 6.45) is 0. The predicted octanol–water partition coefficient (Wildman–Crippen LogP) is 5.15. The van der Waals surface area contributed by atoms with Crippen LogP contribution in [0.1, 0.15) is 36.7 Å². The average Bonchev–Trinajstić information content (AvgIpc) is 2.72. The maximum Gasteiger partial charge on any atom is 0.338 e. The van der Waals surface area contributed by atoms with E-state index in [-0.39, 0.29) is 17.8 Å². The molecule has 3 aromatic carbocycles. The van der Waals surface area contributed by atoms with Crippen molar-refractivity contribution >= 4 is 17.6 Å². The van der Waals surface area contributed by atoms with E-state index in [2.05, 4.69) is 26.1 Å². The second-order valence-corrected chi connectivity index (χ2v) is 8.08. The van der Waals surface area contributed by atoms with Crippen LogP contribution in [-0.2, 0) is 14.9 Å². The summed E-state index contributed by atoms with van der Waals surface area (Å²) >= 11 is 0. The van der Waals surface area contributed by atoms with Gasteiger partial charge < -0.3 is 15.2 Å². The summed E-state index contributed by atoms with van der Waals surface area (Å²) in [6, 6.07) is 21.3. The third-order valence-corrected chi connectivity index (χ3v) is 4.69. The number of carbonyl (C=O) groups is 2. The molecule has 0 aliphatic rings. The Bertz CT molecular complexity index is 1010. The summed E-state index contributed by atoms with van der Waals surface area (Å²) in [5, 5.41) is 12.1. The zero-order valence-corrected chi connectivity index (χ0v) is 17.3. The van der Waals surface area contributed by atoms with E-state index in [1.807, 2.05) is 24.3 Å². The minimum atomic E-state index is -0.564. The number of hydrogen-bond donors (Lipinski definition) is 2. The van der Waals surface area contributed by atoms with Crippen LogP contribution in [0.2, 0.25) is 0 Å². The van der Waals surface area contributed by atoms with Crippen LogP contribution in [0.25, 0.3) is 11.1 Å². The lowest BCUT2D eigenvalue weighted by Gasteiger charge is -2.19. The molecule has 0 radical (unpaired) electrons. The Morgan fingerprint density at radius 1 is 0.833 bits per heavy atom. The van der Waals surface area contributed by atoms with Crippen molar-refractivity contribution in [3.63, 3.8) is 0 Å². The molecule has 0 heterocycles. The number of esters is 1. The first kappa shape index (κ1) is 21.1. The first-order valence-electron chi connectivity index (χ1n) is 9.69. The molecule has 0 fully saturated rings. The second-order valence-electron chi connectivity index (χ2n) is 8.08. The van der Waals surface area contributed by atoms with Crippen LogP contribution in [0.3, 0.4) is 0 Å². The molecule has 0 bridgehead atoms. The molecule has 0 aliphatic heterocycles. The lowest BCUT2D eigenvalue weighted by molar-refractivity contribution is -0.119. The Balaban J connectivity index is 1.53. The van der Waals surface area contributed by atoms with Crippen molar-refractivity contribution in [3.05, 3.63) is 83.9 Å². The van der Waals surface area contributed by atoms with Gasteiger partial charge in [0.15, 0.2) is 6.61 Å². The van der Waals surface area contributed by atoms with Crippen molar-refractivity contribution < 1.29 is 19.4 Å². The van der Waals surface area contributed by atoms with Crippen molar-refractivity contribution in [1.29, 1.82) is 0 Å². The predicted molar refractivity (Wildman–Crippen MR) is 118 cm³/mol. The molecule has 0 unspecified atom stereocenters. The van der Waals surface area contributed by atoms with Gasteiger partial charge in [-0.2, -0.15) is 0 Å². The van der Waals surface area contributed by atoms with Gasteiger partial charge >= 0.3 is 5.97 Å². The third-order valence-electron chi connectivity index (χ3n) is 4.69. The van der Waals surface area contributed by atoms with Crippen molar-refractivity contribution in [2.75, 3.05) is 11.9 Å². The van der Waals surface area contributed by atoms with Crippen LogP contribution in [-0.4, -0.2) is 23.6 Å². The van der Waals surface area contributed by atoms with Crippen LogP contribution >= 0.6 is 0 Å².